The lowest BCUT2D eigenvalue weighted by Gasteiger charge is -2.10. The molecule has 1 aromatic rings. The van der Waals surface area contributed by atoms with Crippen LogP contribution in [0.15, 0.2) is 42.5 Å². The van der Waals surface area contributed by atoms with Crippen molar-refractivity contribution >= 4 is 0 Å². The van der Waals surface area contributed by atoms with Crippen molar-refractivity contribution in [1.29, 1.82) is 0 Å². The summed E-state index contributed by atoms with van der Waals surface area (Å²) in [5, 5.41) is 0. The van der Waals surface area contributed by atoms with E-state index in [1.54, 1.807) is 0 Å². The first-order valence-corrected chi connectivity index (χ1v) is 7.44. The summed E-state index contributed by atoms with van der Waals surface area (Å²) in [6.07, 6.45) is 11.1. The van der Waals surface area contributed by atoms with Crippen LogP contribution >= 0.6 is 0 Å². The molecule has 0 N–H and O–H groups in total. The Bertz CT molecular complexity index is 417. The first-order valence-electron chi connectivity index (χ1n) is 7.44. The molecule has 104 valence electrons. The van der Waals surface area contributed by atoms with Gasteiger partial charge in [0, 0.05) is 0 Å². The molecule has 1 aliphatic carbocycles. The number of allylic oxidation sites excluding steroid dienone is 4. The lowest BCUT2D eigenvalue weighted by Crippen LogP contribution is -1.92. The normalized spacial score (nSPS) is 18.7. The van der Waals surface area contributed by atoms with Crippen molar-refractivity contribution in [2.24, 2.45) is 5.92 Å². The average Bonchev–Trinajstić information content (AvgIpc) is 2.38. The number of hydrogen-bond donors (Lipinski definition) is 0. The Balaban J connectivity index is 0.000000218. The Labute approximate surface area is 119 Å². The first-order chi connectivity index (χ1) is 9.02. The van der Waals surface area contributed by atoms with E-state index in [-0.39, 0.29) is 0 Å². The van der Waals surface area contributed by atoms with Crippen LogP contribution in [0.2, 0.25) is 0 Å². The molecule has 0 amide bonds. The molecule has 19 heavy (non-hydrogen) atoms. The topological polar surface area (TPSA) is 0 Å². The smallest absolute Gasteiger partial charge is 0.0193 e. The molecule has 2 atom stereocenters. The summed E-state index contributed by atoms with van der Waals surface area (Å²) in [7, 11) is 0. The van der Waals surface area contributed by atoms with Crippen LogP contribution in [0.5, 0.6) is 0 Å². The highest BCUT2D eigenvalue weighted by atomic mass is 14.1. The van der Waals surface area contributed by atoms with Gasteiger partial charge in [0.15, 0.2) is 0 Å². The Morgan fingerprint density at radius 3 is 2.11 bits per heavy atom. The molecule has 0 saturated heterocycles. The molecule has 0 radical (unpaired) electrons. The van der Waals surface area contributed by atoms with Gasteiger partial charge in [0.2, 0.25) is 0 Å². The monoisotopic (exact) mass is 256 g/mol. The minimum atomic E-state index is 0.698. The summed E-state index contributed by atoms with van der Waals surface area (Å²) in [4.78, 5) is 0. The summed E-state index contributed by atoms with van der Waals surface area (Å²) in [5.41, 5.74) is 4.24. The highest BCUT2D eigenvalue weighted by Gasteiger charge is 2.02. The summed E-state index contributed by atoms with van der Waals surface area (Å²) in [6.45, 7) is 11.1. The Morgan fingerprint density at radius 2 is 1.74 bits per heavy atom. The fourth-order valence-corrected chi connectivity index (χ4v) is 2.23. The third kappa shape index (κ3) is 5.92. The largest absolute Gasteiger partial charge is 0.0840 e. The van der Waals surface area contributed by atoms with Gasteiger partial charge in [-0.15, -0.1) is 0 Å². The van der Waals surface area contributed by atoms with Gasteiger partial charge < -0.3 is 0 Å². The summed E-state index contributed by atoms with van der Waals surface area (Å²) >= 11 is 0. The zero-order valence-electron chi connectivity index (χ0n) is 13.1. The van der Waals surface area contributed by atoms with Crippen LogP contribution < -0.4 is 0 Å². The van der Waals surface area contributed by atoms with E-state index in [0.29, 0.717) is 5.92 Å². The Kier molecular flexibility index (Phi) is 6.62. The Morgan fingerprint density at radius 1 is 1.11 bits per heavy atom. The van der Waals surface area contributed by atoms with Gasteiger partial charge in [-0.3, -0.25) is 0 Å². The van der Waals surface area contributed by atoms with Gasteiger partial charge in [0.05, 0.1) is 0 Å². The van der Waals surface area contributed by atoms with Gasteiger partial charge in [-0.25, -0.2) is 0 Å². The molecule has 0 aromatic heterocycles. The molecule has 0 heteroatoms. The molecule has 0 aliphatic heterocycles. The van der Waals surface area contributed by atoms with Crippen molar-refractivity contribution < 1.29 is 0 Å². The lowest BCUT2D eigenvalue weighted by molar-refractivity contribution is 0.732. The van der Waals surface area contributed by atoms with E-state index in [4.69, 9.17) is 0 Å². The van der Waals surface area contributed by atoms with E-state index in [1.165, 1.54) is 29.5 Å². The predicted molar refractivity (Wildman–Crippen MR) is 86.7 cm³/mol. The van der Waals surface area contributed by atoms with Crippen molar-refractivity contribution in [3.8, 4) is 0 Å². The number of benzene rings is 1. The molecule has 0 spiro atoms. The van der Waals surface area contributed by atoms with Gasteiger partial charge >= 0.3 is 0 Å². The summed E-state index contributed by atoms with van der Waals surface area (Å²) in [6, 6.07) is 6.81. The van der Waals surface area contributed by atoms with Gasteiger partial charge in [0.1, 0.15) is 0 Å². The van der Waals surface area contributed by atoms with Crippen LogP contribution in [0.4, 0.5) is 0 Å². The predicted octanol–water partition coefficient (Wildman–Crippen LogP) is 5.96. The molecule has 0 saturated carbocycles. The third-order valence-electron chi connectivity index (χ3n) is 3.62. The van der Waals surface area contributed by atoms with E-state index in [2.05, 4.69) is 77.1 Å². The number of aryl methyl sites for hydroxylation is 2. The SMILES string of the molecule is CC1C=CC=CC1.CCC(C)c1cc(C)cc(C)c1. The average molecular weight is 256 g/mol. The second-order valence-electron chi connectivity index (χ2n) is 5.76. The van der Waals surface area contributed by atoms with E-state index in [0.717, 1.165) is 5.92 Å². The van der Waals surface area contributed by atoms with Crippen molar-refractivity contribution in [1.82, 2.24) is 0 Å². The van der Waals surface area contributed by atoms with Crippen molar-refractivity contribution in [3.63, 3.8) is 0 Å². The lowest BCUT2D eigenvalue weighted by atomic mass is 9.95. The second kappa shape index (κ2) is 7.99. The quantitative estimate of drug-likeness (QED) is 0.613. The zero-order valence-corrected chi connectivity index (χ0v) is 13.1. The molecular formula is C19H28. The minimum absolute atomic E-state index is 0.698. The van der Waals surface area contributed by atoms with Crippen LogP contribution in [0.3, 0.4) is 0 Å². The molecule has 0 heterocycles. The van der Waals surface area contributed by atoms with Crippen molar-refractivity contribution in [2.75, 3.05) is 0 Å². The molecule has 1 aromatic carbocycles. The van der Waals surface area contributed by atoms with E-state index < -0.39 is 0 Å². The Hall–Kier alpha value is -1.30. The highest BCUT2D eigenvalue weighted by Crippen LogP contribution is 2.20. The molecule has 0 fully saturated rings. The fourth-order valence-electron chi connectivity index (χ4n) is 2.23. The maximum atomic E-state index is 2.29. The van der Waals surface area contributed by atoms with Gasteiger partial charge in [-0.05, 0) is 44.1 Å². The standard InChI is InChI=1S/C12H18.C7H10/c1-5-11(4)12-7-9(2)6-10(3)8-12;1-7-5-3-2-4-6-7/h6-8,11H,5H2,1-4H3;2-5,7H,6H2,1H3. The second-order valence-corrected chi connectivity index (χ2v) is 5.76. The number of hydrogen-bond acceptors (Lipinski definition) is 0. The van der Waals surface area contributed by atoms with Crippen LogP contribution in [0, 0.1) is 19.8 Å². The van der Waals surface area contributed by atoms with E-state index >= 15 is 0 Å². The van der Waals surface area contributed by atoms with E-state index in [1.807, 2.05) is 0 Å². The number of rotatable bonds is 2. The maximum absolute atomic E-state index is 2.29. The highest BCUT2D eigenvalue weighted by molar-refractivity contribution is 5.30. The molecule has 1 aliphatic rings. The van der Waals surface area contributed by atoms with Crippen molar-refractivity contribution in [3.05, 3.63) is 59.2 Å². The van der Waals surface area contributed by atoms with Crippen LogP contribution in [-0.4, -0.2) is 0 Å². The molecule has 2 unspecified atom stereocenters. The van der Waals surface area contributed by atoms with Crippen LogP contribution in [0.1, 0.15) is 56.2 Å². The molecule has 0 bridgehead atoms. The first kappa shape index (κ1) is 15.8. The molecule has 0 nitrogen and oxygen atoms in total. The van der Waals surface area contributed by atoms with Crippen LogP contribution in [-0.2, 0) is 0 Å². The maximum Gasteiger partial charge on any atom is -0.0193 e. The summed E-state index contributed by atoms with van der Waals surface area (Å²) < 4.78 is 0. The van der Waals surface area contributed by atoms with Gasteiger partial charge in [-0.2, -0.15) is 0 Å². The summed E-state index contributed by atoms with van der Waals surface area (Å²) in [5.74, 6) is 1.47. The van der Waals surface area contributed by atoms with E-state index in [9.17, 15) is 0 Å². The third-order valence-corrected chi connectivity index (χ3v) is 3.62. The van der Waals surface area contributed by atoms with Gasteiger partial charge in [-0.1, -0.05) is 74.4 Å². The zero-order chi connectivity index (χ0) is 14.3. The van der Waals surface area contributed by atoms with Crippen molar-refractivity contribution in [2.45, 2.75) is 53.4 Å². The molecular weight excluding hydrogens is 228 g/mol. The van der Waals surface area contributed by atoms with Crippen LogP contribution in [0.25, 0.3) is 0 Å². The molecule has 2 rings (SSSR count). The fraction of sp³-hybridized carbons (Fsp3) is 0.474. The minimum Gasteiger partial charge on any atom is -0.0840 e. The van der Waals surface area contributed by atoms with Gasteiger partial charge in [0.25, 0.3) is 0 Å².